The standard InChI is InChI=1S/C19H20N4O/c1-13-6-8-17(9-7-13)23-14(2)11-16(15(23)3)12-21-22-19(24)18-5-4-10-20-18/h4-12,20H,1-3H3,(H,22,24)/b21-12-. The third kappa shape index (κ3) is 3.15. The van der Waals surface area contributed by atoms with E-state index in [1.165, 1.54) is 5.56 Å². The van der Waals surface area contributed by atoms with Crippen molar-refractivity contribution in [3.05, 3.63) is 76.9 Å². The van der Waals surface area contributed by atoms with Gasteiger partial charge in [0, 0.05) is 28.8 Å². The Labute approximate surface area is 141 Å². The Balaban J connectivity index is 1.80. The lowest BCUT2D eigenvalue weighted by Gasteiger charge is -2.09. The Bertz CT molecular complexity index is 871. The van der Waals surface area contributed by atoms with Crippen LogP contribution in [0.4, 0.5) is 0 Å². The summed E-state index contributed by atoms with van der Waals surface area (Å²) in [6, 6.07) is 13.9. The molecule has 0 radical (unpaired) electrons. The molecule has 122 valence electrons. The molecule has 0 aliphatic heterocycles. The number of carbonyl (C=O) groups excluding carboxylic acids is 1. The predicted molar refractivity (Wildman–Crippen MR) is 95.8 cm³/mol. The fourth-order valence-electron chi connectivity index (χ4n) is 2.70. The van der Waals surface area contributed by atoms with Crippen molar-refractivity contribution in [3.63, 3.8) is 0 Å². The van der Waals surface area contributed by atoms with Gasteiger partial charge in [-0.15, -0.1) is 0 Å². The second-order valence-electron chi connectivity index (χ2n) is 5.78. The minimum absolute atomic E-state index is 0.261. The smallest absolute Gasteiger partial charge is 0.287 e. The Morgan fingerprint density at radius 1 is 1.17 bits per heavy atom. The minimum Gasteiger partial charge on any atom is -0.357 e. The maximum Gasteiger partial charge on any atom is 0.287 e. The molecule has 1 amide bonds. The molecule has 2 heterocycles. The number of hydrogen-bond donors (Lipinski definition) is 2. The molecule has 0 fully saturated rings. The van der Waals surface area contributed by atoms with Crippen LogP contribution in [0.2, 0.25) is 0 Å². The molecular formula is C19H20N4O. The summed E-state index contributed by atoms with van der Waals surface area (Å²) in [6.45, 7) is 6.17. The molecule has 0 saturated heterocycles. The number of carbonyl (C=O) groups is 1. The highest BCUT2D eigenvalue weighted by atomic mass is 16.2. The van der Waals surface area contributed by atoms with E-state index in [2.05, 4.69) is 64.3 Å². The third-order valence-corrected chi connectivity index (χ3v) is 3.97. The fraction of sp³-hybridized carbons (Fsp3) is 0.158. The summed E-state index contributed by atoms with van der Waals surface area (Å²) in [7, 11) is 0. The van der Waals surface area contributed by atoms with Crippen LogP contribution in [0.3, 0.4) is 0 Å². The van der Waals surface area contributed by atoms with Crippen molar-refractivity contribution in [2.75, 3.05) is 0 Å². The Morgan fingerprint density at radius 2 is 1.92 bits per heavy atom. The van der Waals surface area contributed by atoms with E-state index >= 15 is 0 Å². The van der Waals surface area contributed by atoms with Gasteiger partial charge in [0.05, 0.1) is 6.21 Å². The number of amides is 1. The molecule has 2 aromatic heterocycles. The van der Waals surface area contributed by atoms with Crippen LogP contribution in [-0.2, 0) is 0 Å². The average Bonchev–Trinajstić information content (AvgIpc) is 3.18. The molecule has 5 heteroatoms. The highest BCUT2D eigenvalue weighted by molar-refractivity contribution is 5.93. The maximum absolute atomic E-state index is 11.8. The Hall–Kier alpha value is -3.08. The summed E-state index contributed by atoms with van der Waals surface area (Å²) in [5.41, 5.74) is 8.53. The molecule has 0 atom stereocenters. The number of H-pyrrole nitrogens is 1. The highest BCUT2D eigenvalue weighted by Gasteiger charge is 2.09. The van der Waals surface area contributed by atoms with E-state index in [0.29, 0.717) is 5.69 Å². The van der Waals surface area contributed by atoms with Crippen LogP contribution in [0.15, 0.2) is 53.8 Å². The van der Waals surface area contributed by atoms with Crippen molar-refractivity contribution in [2.24, 2.45) is 5.10 Å². The quantitative estimate of drug-likeness (QED) is 0.561. The zero-order valence-corrected chi connectivity index (χ0v) is 14.0. The van der Waals surface area contributed by atoms with Crippen LogP contribution in [0.1, 0.15) is 33.0 Å². The monoisotopic (exact) mass is 320 g/mol. The van der Waals surface area contributed by atoms with Crippen molar-refractivity contribution in [1.82, 2.24) is 15.0 Å². The molecule has 0 saturated carbocycles. The second-order valence-corrected chi connectivity index (χ2v) is 5.78. The number of rotatable bonds is 4. The van der Waals surface area contributed by atoms with Gasteiger partial charge in [-0.3, -0.25) is 4.79 Å². The summed E-state index contributed by atoms with van der Waals surface area (Å²) in [6.07, 6.45) is 3.38. The van der Waals surface area contributed by atoms with Gasteiger partial charge in [-0.1, -0.05) is 17.7 Å². The largest absolute Gasteiger partial charge is 0.357 e. The molecule has 0 aliphatic carbocycles. The molecular weight excluding hydrogens is 300 g/mol. The van der Waals surface area contributed by atoms with E-state index in [-0.39, 0.29) is 5.91 Å². The fourth-order valence-corrected chi connectivity index (χ4v) is 2.70. The van der Waals surface area contributed by atoms with Crippen molar-refractivity contribution in [3.8, 4) is 5.69 Å². The van der Waals surface area contributed by atoms with Gasteiger partial charge in [-0.25, -0.2) is 5.43 Å². The van der Waals surface area contributed by atoms with Crippen molar-refractivity contribution in [2.45, 2.75) is 20.8 Å². The van der Waals surface area contributed by atoms with Crippen LogP contribution in [0.5, 0.6) is 0 Å². The van der Waals surface area contributed by atoms with Crippen LogP contribution < -0.4 is 5.43 Å². The van der Waals surface area contributed by atoms with Crippen LogP contribution in [0.25, 0.3) is 5.69 Å². The lowest BCUT2D eigenvalue weighted by atomic mass is 10.2. The van der Waals surface area contributed by atoms with E-state index in [0.717, 1.165) is 22.6 Å². The highest BCUT2D eigenvalue weighted by Crippen LogP contribution is 2.20. The van der Waals surface area contributed by atoms with Gasteiger partial charge >= 0.3 is 0 Å². The molecule has 0 unspecified atom stereocenters. The number of aryl methyl sites for hydroxylation is 2. The number of aromatic nitrogens is 2. The van der Waals surface area contributed by atoms with Gasteiger partial charge in [0.1, 0.15) is 5.69 Å². The lowest BCUT2D eigenvalue weighted by Crippen LogP contribution is -2.17. The molecule has 2 N–H and O–H groups in total. The summed E-state index contributed by atoms with van der Waals surface area (Å²) >= 11 is 0. The number of benzene rings is 1. The number of aromatic amines is 1. The Morgan fingerprint density at radius 3 is 2.58 bits per heavy atom. The van der Waals surface area contributed by atoms with E-state index in [1.807, 2.05) is 6.92 Å². The molecule has 24 heavy (non-hydrogen) atoms. The molecule has 5 nitrogen and oxygen atoms in total. The van der Waals surface area contributed by atoms with Gasteiger partial charge in [0.25, 0.3) is 5.91 Å². The summed E-state index contributed by atoms with van der Waals surface area (Å²) < 4.78 is 2.17. The summed E-state index contributed by atoms with van der Waals surface area (Å²) in [5, 5.41) is 4.06. The van der Waals surface area contributed by atoms with Crippen LogP contribution >= 0.6 is 0 Å². The first-order chi connectivity index (χ1) is 11.6. The molecule has 0 bridgehead atoms. The van der Waals surface area contributed by atoms with Gasteiger partial charge < -0.3 is 9.55 Å². The average molecular weight is 320 g/mol. The van der Waals surface area contributed by atoms with Crippen molar-refractivity contribution < 1.29 is 4.79 Å². The molecule has 0 aliphatic rings. The minimum atomic E-state index is -0.261. The van der Waals surface area contributed by atoms with Crippen LogP contribution in [-0.4, -0.2) is 21.7 Å². The van der Waals surface area contributed by atoms with E-state index in [4.69, 9.17) is 0 Å². The molecule has 3 aromatic rings. The Kier molecular flexibility index (Phi) is 4.33. The second kappa shape index (κ2) is 6.58. The predicted octanol–water partition coefficient (Wildman–Crippen LogP) is 3.49. The number of hydrazone groups is 1. The first kappa shape index (κ1) is 15.8. The van der Waals surface area contributed by atoms with E-state index in [1.54, 1.807) is 24.5 Å². The molecule has 3 rings (SSSR count). The lowest BCUT2D eigenvalue weighted by molar-refractivity contribution is 0.0951. The topological polar surface area (TPSA) is 62.2 Å². The van der Waals surface area contributed by atoms with Gasteiger partial charge in [0.2, 0.25) is 0 Å². The van der Waals surface area contributed by atoms with Crippen molar-refractivity contribution in [1.29, 1.82) is 0 Å². The number of nitrogens with zero attached hydrogens (tertiary/aromatic N) is 2. The molecule has 0 spiro atoms. The first-order valence-electron chi connectivity index (χ1n) is 7.79. The zero-order chi connectivity index (χ0) is 17.1. The normalized spacial score (nSPS) is 11.1. The van der Waals surface area contributed by atoms with Gasteiger partial charge in [-0.2, -0.15) is 5.10 Å². The molecule has 1 aromatic carbocycles. The van der Waals surface area contributed by atoms with E-state index < -0.39 is 0 Å². The number of hydrogen-bond acceptors (Lipinski definition) is 2. The first-order valence-corrected chi connectivity index (χ1v) is 7.79. The van der Waals surface area contributed by atoms with Crippen LogP contribution in [0, 0.1) is 20.8 Å². The summed E-state index contributed by atoms with van der Waals surface area (Å²) in [5.74, 6) is -0.261. The van der Waals surface area contributed by atoms with Gasteiger partial charge in [0.15, 0.2) is 0 Å². The zero-order valence-electron chi connectivity index (χ0n) is 14.0. The van der Waals surface area contributed by atoms with Gasteiger partial charge in [-0.05, 0) is 51.1 Å². The number of nitrogens with one attached hydrogen (secondary N) is 2. The SMILES string of the molecule is Cc1ccc(-n2c(C)cc(/C=N\NC(=O)c3ccc[nH]3)c2C)cc1. The maximum atomic E-state index is 11.8. The van der Waals surface area contributed by atoms with Crippen molar-refractivity contribution >= 4 is 12.1 Å². The third-order valence-electron chi connectivity index (χ3n) is 3.97. The summed E-state index contributed by atoms with van der Waals surface area (Å²) in [4.78, 5) is 14.7. The van der Waals surface area contributed by atoms with E-state index in [9.17, 15) is 4.79 Å².